The lowest BCUT2D eigenvalue weighted by molar-refractivity contribution is 0.204. The van der Waals surface area contributed by atoms with Crippen molar-refractivity contribution in [2.75, 3.05) is 11.5 Å². The van der Waals surface area contributed by atoms with Gasteiger partial charge in [-0.2, -0.15) is 0 Å². The second kappa shape index (κ2) is 1.20. The molecule has 0 atom stereocenters. The summed E-state index contributed by atoms with van der Waals surface area (Å²) >= 11 is 0. The highest BCUT2D eigenvalue weighted by atomic mass is 32.2. The lowest BCUT2D eigenvalue weighted by Crippen LogP contribution is -2.40. The third kappa shape index (κ3) is 0.920. The van der Waals surface area contributed by atoms with Gasteiger partial charge in [-0.3, -0.25) is 0 Å². The fourth-order valence-corrected chi connectivity index (χ4v) is 1.61. The Hall–Kier alpha value is -0.0900. The van der Waals surface area contributed by atoms with Crippen molar-refractivity contribution >= 4 is 9.84 Å². The van der Waals surface area contributed by atoms with Crippen molar-refractivity contribution in [2.24, 2.45) is 0 Å². The number of hydrogen-bond acceptors (Lipinski definition) is 3. The highest BCUT2D eigenvalue weighted by molar-refractivity contribution is 7.92. The van der Waals surface area contributed by atoms with E-state index >= 15 is 0 Å². The second-order valence-corrected chi connectivity index (χ2v) is 3.88. The molecule has 0 aliphatic carbocycles. The summed E-state index contributed by atoms with van der Waals surface area (Å²) in [7, 11) is -2.78. The van der Waals surface area contributed by atoms with Gasteiger partial charge in [0, 0.05) is 0 Å². The van der Waals surface area contributed by atoms with Gasteiger partial charge in [-0.05, 0) is 0 Å². The highest BCUT2D eigenvalue weighted by Crippen LogP contribution is 2.08. The van der Waals surface area contributed by atoms with E-state index in [2.05, 4.69) is 0 Å². The van der Waals surface area contributed by atoms with Crippen molar-refractivity contribution in [3.63, 3.8) is 0 Å². The molecule has 4 heteroatoms. The first-order chi connectivity index (χ1) is 3.10. The topological polar surface area (TPSA) is 54.4 Å². The molecule has 1 fully saturated rings. The summed E-state index contributed by atoms with van der Waals surface area (Å²) in [5.41, 5.74) is 0. The fourth-order valence-electron chi connectivity index (χ4n) is 0.537. The summed E-state index contributed by atoms with van der Waals surface area (Å²) in [5, 5.41) is 8.40. The van der Waals surface area contributed by atoms with Crippen molar-refractivity contribution in [2.45, 2.75) is 6.10 Å². The quantitative estimate of drug-likeness (QED) is 0.438. The molecule has 1 saturated heterocycles. The zero-order valence-electron chi connectivity index (χ0n) is 3.66. The maximum Gasteiger partial charge on any atom is 0.155 e. The molecule has 0 aromatic heterocycles. The van der Waals surface area contributed by atoms with Gasteiger partial charge in [0.2, 0.25) is 0 Å². The molecular formula is C3H6O3S. The fraction of sp³-hybridized carbons (Fsp3) is 1.00. The van der Waals surface area contributed by atoms with E-state index in [1.54, 1.807) is 0 Å². The molecule has 0 aromatic rings. The predicted molar refractivity (Wildman–Crippen MR) is 24.7 cm³/mol. The average molecular weight is 122 g/mol. The maximum atomic E-state index is 10.1. The lowest BCUT2D eigenvalue weighted by atomic mass is 10.5. The largest absolute Gasteiger partial charge is 0.391 e. The van der Waals surface area contributed by atoms with Crippen LogP contribution in [0.3, 0.4) is 0 Å². The third-order valence-corrected chi connectivity index (χ3v) is 2.68. The zero-order chi connectivity index (χ0) is 5.49. The van der Waals surface area contributed by atoms with E-state index in [9.17, 15) is 8.42 Å². The van der Waals surface area contributed by atoms with Crippen LogP contribution in [0.15, 0.2) is 0 Å². The summed E-state index contributed by atoms with van der Waals surface area (Å²) in [4.78, 5) is 0. The minimum Gasteiger partial charge on any atom is -0.391 e. The van der Waals surface area contributed by atoms with Crippen LogP contribution >= 0.6 is 0 Å². The van der Waals surface area contributed by atoms with E-state index in [0.717, 1.165) is 0 Å². The molecule has 3 nitrogen and oxygen atoms in total. The predicted octanol–water partition coefficient (Wildman–Crippen LogP) is -1.22. The second-order valence-electron chi connectivity index (χ2n) is 1.73. The van der Waals surface area contributed by atoms with Crippen LogP contribution in [0.1, 0.15) is 0 Å². The molecule has 1 heterocycles. The first-order valence-electron chi connectivity index (χ1n) is 1.99. The van der Waals surface area contributed by atoms with Crippen LogP contribution in [-0.2, 0) is 9.84 Å². The van der Waals surface area contributed by atoms with Crippen LogP contribution in [-0.4, -0.2) is 31.1 Å². The van der Waals surface area contributed by atoms with Gasteiger partial charge in [0.25, 0.3) is 0 Å². The van der Waals surface area contributed by atoms with Gasteiger partial charge in [0.05, 0.1) is 17.6 Å². The number of aliphatic hydroxyl groups excluding tert-OH is 1. The van der Waals surface area contributed by atoms with E-state index in [1.165, 1.54) is 0 Å². The van der Waals surface area contributed by atoms with Crippen LogP contribution in [0.25, 0.3) is 0 Å². The van der Waals surface area contributed by atoms with Gasteiger partial charge in [0.15, 0.2) is 9.84 Å². The molecular weight excluding hydrogens is 116 g/mol. The zero-order valence-corrected chi connectivity index (χ0v) is 4.48. The number of hydrogen-bond donors (Lipinski definition) is 1. The standard InChI is InChI=1S/C3H6O3S/c4-3-1-7(5,6)2-3/h3-4H,1-2H2. The van der Waals surface area contributed by atoms with Crippen molar-refractivity contribution in [3.05, 3.63) is 0 Å². The molecule has 0 bridgehead atoms. The van der Waals surface area contributed by atoms with Crippen molar-refractivity contribution < 1.29 is 13.5 Å². The average Bonchev–Trinajstić information content (AvgIpc) is 1.27. The lowest BCUT2D eigenvalue weighted by Gasteiger charge is -2.18. The van der Waals surface area contributed by atoms with Gasteiger partial charge in [-0.25, -0.2) is 8.42 Å². The number of aliphatic hydroxyl groups is 1. The summed E-state index contributed by atoms with van der Waals surface area (Å²) in [5.74, 6) is -0.0694. The Morgan fingerprint density at radius 3 is 1.86 bits per heavy atom. The minimum atomic E-state index is -2.78. The van der Waals surface area contributed by atoms with Crippen molar-refractivity contribution in [1.82, 2.24) is 0 Å². The molecule has 1 rings (SSSR count). The molecule has 1 N–H and O–H groups in total. The molecule has 42 valence electrons. The first-order valence-corrected chi connectivity index (χ1v) is 3.81. The van der Waals surface area contributed by atoms with Gasteiger partial charge in [0.1, 0.15) is 0 Å². The minimum absolute atomic E-state index is 0.0347. The van der Waals surface area contributed by atoms with Crippen molar-refractivity contribution in [3.8, 4) is 0 Å². The normalized spacial score (nSPS) is 29.3. The van der Waals surface area contributed by atoms with Gasteiger partial charge < -0.3 is 5.11 Å². The van der Waals surface area contributed by atoms with Crippen molar-refractivity contribution in [1.29, 1.82) is 0 Å². The van der Waals surface area contributed by atoms with Crippen LogP contribution in [0.2, 0.25) is 0 Å². The molecule has 0 saturated carbocycles. The van der Waals surface area contributed by atoms with Crippen LogP contribution in [0, 0.1) is 0 Å². The monoisotopic (exact) mass is 122 g/mol. The molecule has 0 unspecified atom stereocenters. The number of rotatable bonds is 0. The Bertz CT molecular complexity index is 145. The van der Waals surface area contributed by atoms with E-state index in [-0.39, 0.29) is 11.5 Å². The molecule has 7 heavy (non-hydrogen) atoms. The van der Waals surface area contributed by atoms with Crippen LogP contribution in [0.5, 0.6) is 0 Å². The molecule has 1 aliphatic heterocycles. The first kappa shape index (κ1) is 5.05. The Kier molecular flexibility index (Phi) is 0.864. The highest BCUT2D eigenvalue weighted by Gasteiger charge is 2.30. The Morgan fingerprint density at radius 2 is 1.86 bits per heavy atom. The Labute approximate surface area is 41.9 Å². The van der Waals surface area contributed by atoms with Gasteiger partial charge in [-0.15, -0.1) is 0 Å². The smallest absolute Gasteiger partial charge is 0.155 e. The summed E-state index contributed by atoms with van der Waals surface area (Å²) < 4.78 is 20.3. The maximum absolute atomic E-state index is 10.1. The van der Waals surface area contributed by atoms with E-state index in [0.29, 0.717) is 0 Å². The van der Waals surface area contributed by atoms with E-state index in [1.807, 2.05) is 0 Å². The van der Waals surface area contributed by atoms with E-state index < -0.39 is 15.9 Å². The molecule has 0 amide bonds. The molecule has 0 spiro atoms. The summed E-state index contributed by atoms with van der Waals surface area (Å²) in [6.45, 7) is 0. The molecule has 0 aromatic carbocycles. The van der Waals surface area contributed by atoms with Crippen LogP contribution < -0.4 is 0 Å². The Balaban J connectivity index is 2.61. The molecule has 0 radical (unpaired) electrons. The van der Waals surface area contributed by atoms with Gasteiger partial charge >= 0.3 is 0 Å². The summed E-state index contributed by atoms with van der Waals surface area (Å²) in [6, 6.07) is 0. The van der Waals surface area contributed by atoms with E-state index in [4.69, 9.17) is 5.11 Å². The third-order valence-electron chi connectivity index (χ3n) is 0.893. The van der Waals surface area contributed by atoms with Gasteiger partial charge in [-0.1, -0.05) is 0 Å². The van der Waals surface area contributed by atoms with Crippen LogP contribution in [0.4, 0.5) is 0 Å². The molecule has 1 aliphatic rings. The SMILES string of the molecule is O=S1(=O)CC(O)C1. The number of sulfone groups is 1. The summed E-state index contributed by atoms with van der Waals surface area (Å²) in [6.07, 6.45) is -0.579. The Morgan fingerprint density at radius 1 is 1.43 bits per heavy atom.